The van der Waals surface area contributed by atoms with Crippen molar-refractivity contribution in [3.8, 4) is 5.75 Å². The van der Waals surface area contributed by atoms with Crippen LogP contribution < -0.4 is 0 Å². The molecule has 1 heterocycles. The van der Waals surface area contributed by atoms with Crippen molar-refractivity contribution < 1.29 is 5.11 Å². The molecule has 2 aromatic rings. The first-order chi connectivity index (χ1) is 11.3. The first kappa shape index (κ1) is 17.0. The Balaban J connectivity index is 1.85. The number of phenols is 1. The van der Waals surface area contributed by atoms with E-state index >= 15 is 0 Å². The quantitative estimate of drug-likeness (QED) is 0.825. The molecule has 1 aliphatic rings. The summed E-state index contributed by atoms with van der Waals surface area (Å²) < 4.78 is 0. The normalized spacial score (nSPS) is 20.8. The highest BCUT2D eigenvalue weighted by Crippen LogP contribution is 2.46. The fourth-order valence-electron chi connectivity index (χ4n) is 4.49. The van der Waals surface area contributed by atoms with Gasteiger partial charge in [0.1, 0.15) is 5.75 Å². The van der Waals surface area contributed by atoms with Crippen molar-refractivity contribution in [1.29, 1.82) is 0 Å². The molecule has 0 saturated carbocycles. The number of benzene rings is 2. The van der Waals surface area contributed by atoms with Gasteiger partial charge in [0.2, 0.25) is 0 Å². The average Bonchev–Trinajstić information content (AvgIpc) is 2.52. The van der Waals surface area contributed by atoms with Gasteiger partial charge in [-0.15, -0.1) is 0 Å². The van der Waals surface area contributed by atoms with E-state index in [1.165, 1.54) is 11.1 Å². The molecule has 1 saturated heterocycles. The maximum Gasteiger partial charge on any atom is 0.115 e. The number of piperidine rings is 1. The van der Waals surface area contributed by atoms with Gasteiger partial charge in [-0.05, 0) is 69.7 Å². The molecule has 1 fully saturated rings. The van der Waals surface area contributed by atoms with Crippen molar-refractivity contribution in [2.24, 2.45) is 0 Å². The minimum Gasteiger partial charge on any atom is -0.508 e. The van der Waals surface area contributed by atoms with Gasteiger partial charge in [-0.25, -0.2) is 0 Å². The van der Waals surface area contributed by atoms with E-state index in [9.17, 15) is 5.11 Å². The van der Waals surface area contributed by atoms with E-state index in [2.05, 4.69) is 75.1 Å². The summed E-state index contributed by atoms with van der Waals surface area (Å²) in [6.07, 6.45) is 2.27. The molecule has 0 radical (unpaired) electrons. The van der Waals surface area contributed by atoms with E-state index in [0.29, 0.717) is 11.7 Å². The van der Waals surface area contributed by atoms with Gasteiger partial charge >= 0.3 is 0 Å². The molecule has 0 atom stereocenters. The fourth-order valence-corrected chi connectivity index (χ4v) is 4.49. The third kappa shape index (κ3) is 3.49. The maximum atomic E-state index is 9.56. The van der Waals surface area contributed by atoms with E-state index in [4.69, 9.17) is 0 Å². The Labute approximate surface area is 146 Å². The monoisotopic (exact) mass is 323 g/mol. The van der Waals surface area contributed by atoms with Crippen LogP contribution in [0.2, 0.25) is 0 Å². The molecular weight excluding hydrogens is 294 g/mol. The van der Waals surface area contributed by atoms with Crippen LogP contribution in [0.5, 0.6) is 5.75 Å². The Kier molecular flexibility index (Phi) is 4.44. The molecule has 0 bridgehead atoms. The molecule has 0 aliphatic carbocycles. The third-order valence-corrected chi connectivity index (χ3v) is 5.50. The fraction of sp³-hybridized carbons (Fsp3) is 0.455. The van der Waals surface area contributed by atoms with Crippen LogP contribution in [0.25, 0.3) is 0 Å². The minimum atomic E-state index is 0.125. The van der Waals surface area contributed by atoms with Gasteiger partial charge < -0.3 is 5.11 Å². The molecule has 1 aliphatic heterocycles. The number of hydrogen-bond acceptors (Lipinski definition) is 2. The maximum absolute atomic E-state index is 9.56. The molecule has 1 N–H and O–H groups in total. The average molecular weight is 323 g/mol. The summed E-state index contributed by atoms with van der Waals surface area (Å²) in [7, 11) is 0. The highest BCUT2D eigenvalue weighted by atomic mass is 16.3. The highest BCUT2D eigenvalue weighted by molar-refractivity contribution is 5.30. The van der Waals surface area contributed by atoms with Crippen molar-refractivity contribution >= 4 is 0 Å². The molecule has 0 spiro atoms. The molecule has 0 aromatic heterocycles. The van der Waals surface area contributed by atoms with Gasteiger partial charge in [-0.2, -0.15) is 0 Å². The molecule has 0 amide bonds. The second-order valence-corrected chi connectivity index (χ2v) is 8.39. The minimum absolute atomic E-state index is 0.125. The summed E-state index contributed by atoms with van der Waals surface area (Å²) in [5, 5.41) is 9.56. The molecule has 2 heteroatoms. The van der Waals surface area contributed by atoms with Crippen molar-refractivity contribution in [3.05, 3.63) is 65.7 Å². The number of nitrogens with zero attached hydrogens (tertiary/aromatic N) is 1. The van der Waals surface area contributed by atoms with Crippen LogP contribution in [0.15, 0.2) is 54.6 Å². The second kappa shape index (κ2) is 6.25. The topological polar surface area (TPSA) is 23.5 Å². The lowest BCUT2D eigenvalue weighted by molar-refractivity contribution is -0.0433. The first-order valence-electron chi connectivity index (χ1n) is 8.88. The van der Waals surface area contributed by atoms with Crippen LogP contribution in [0.4, 0.5) is 0 Å². The van der Waals surface area contributed by atoms with Gasteiger partial charge in [-0.3, -0.25) is 4.90 Å². The SMILES string of the molecule is CC1(C)CC(c2ccc(O)cc2)CC(C)(C)N1Cc1ccccc1. The first-order valence-corrected chi connectivity index (χ1v) is 8.88. The predicted molar refractivity (Wildman–Crippen MR) is 100 cm³/mol. The van der Waals surface area contributed by atoms with E-state index in [1.54, 1.807) is 0 Å². The Morgan fingerprint density at radius 1 is 0.875 bits per heavy atom. The van der Waals surface area contributed by atoms with Crippen LogP contribution in [0, 0.1) is 0 Å². The van der Waals surface area contributed by atoms with Crippen LogP contribution in [0.3, 0.4) is 0 Å². The Morgan fingerprint density at radius 3 is 1.96 bits per heavy atom. The standard InChI is InChI=1S/C22H29NO/c1-21(2)14-19(18-10-12-20(24)13-11-18)15-22(3,4)23(21)16-17-8-6-5-7-9-17/h5-13,19,24H,14-16H2,1-4H3. The lowest BCUT2D eigenvalue weighted by Crippen LogP contribution is -2.59. The smallest absolute Gasteiger partial charge is 0.115 e. The van der Waals surface area contributed by atoms with E-state index in [0.717, 1.165) is 19.4 Å². The van der Waals surface area contributed by atoms with E-state index < -0.39 is 0 Å². The Hall–Kier alpha value is -1.80. The van der Waals surface area contributed by atoms with Gasteiger partial charge in [0.05, 0.1) is 0 Å². The molecule has 24 heavy (non-hydrogen) atoms. The number of likely N-dealkylation sites (tertiary alicyclic amines) is 1. The van der Waals surface area contributed by atoms with E-state index in [-0.39, 0.29) is 11.1 Å². The summed E-state index contributed by atoms with van der Waals surface area (Å²) in [6, 6.07) is 18.6. The molecule has 128 valence electrons. The zero-order valence-electron chi connectivity index (χ0n) is 15.3. The second-order valence-electron chi connectivity index (χ2n) is 8.39. The van der Waals surface area contributed by atoms with Crippen molar-refractivity contribution in [2.75, 3.05) is 0 Å². The van der Waals surface area contributed by atoms with Crippen LogP contribution in [-0.4, -0.2) is 21.1 Å². The highest BCUT2D eigenvalue weighted by Gasteiger charge is 2.45. The van der Waals surface area contributed by atoms with Gasteiger partial charge in [0.15, 0.2) is 0 Å². The summed E-state index contributed by atoms with van der Waals surface area (Å²) in [5.74, 6) is 0.876. The lowest BCUT2D eigenvalue weighted by Gasteiger charge is -2.55. The number of rotatable bonds is 3. The summed E-state index contributed by atoms with van der Waals surface area (Å²) in [5.41, 5.74) is 2.97. The van der Waals surface area contributed by atoms with Crippen LogP contribution in [-0.2, 0) is 6.54 Å². The largest absolute Gasteiger partial charge is 0.508 e. The van der Waals surface area contributed by atoms with Crippen molar-refractivity contribution in [2.45, 2.75) is 64.1 Å². The Bertz CT molecular complexity index is 655. The zero-order valence-corrected chi connectivity index (χ0v) is 15.3. The molecule has 2 nitrogen and oxygen atoms in total. The molecule has 3 rings (SSSR count). The summed E-state index contributed by atoms with van der Waals surface area (Å²) in [6.45, 7) is 10.5. The van der Waals surface area contributed by atoms with Gasteiger partial charge in [-0.1, -0.05) is 42.5 Å². The van der Waals surface area contributed by atoms with Crippen LogP contribution in [0.1, 0.15) is 57.6 Å². The summed E-state index contributed by atoms with van der Waals surface area (Å²) >= 11 is 0. The van der Waals surface area contributed by atoms with Crippen LogP contribution >= 0.6 is 0 Å². The molecule has 2 aromatic carbocycles. The third-order valence-electron chi connectivity index (χ3n) is 5.50. The number of aromatic hydroxyl groups is 1. The van der Waals surface area contributed by atoms with Gasteiger partial charge in [0.25, 0.3) is 0 Å². The predicted octanol–water partition coefficient (Wildman–Crippen LogP) is 5.33. The molecule has 0 unspecified atom stereocenters. The molecular formula is C22H29NO. The number of phenolic OH excluding ortho intramolecular Hbond substituents is 1. The van der Waals surface area contributed by atoms with Crippen molar-refractivity contribution in [1.82, 2.24) is 4.90 Å². The van der Waals surface area contributed by atoms with E-state index in [1.807, 2.05) is 12.1 Å². The number of hydrogen-bond donors (Lipinski definition) is 1. The van der Waals surface area contributed by atoms with Gasteiger partial charge in [0, 0.05) is 17.6 Å². The summed E-state index contributed by atoms with van der Waals surface area (Å²) in [4.78, 5) is 2.66. The lowest BCUT2D eigenvalue weighted by atomic mass is 9.71. The Morgan fingerprint density at radius 2 is 1.42 bits per heavy atom. The van der Waals surface area contributed by atoms with Crippen molar-refractivity contribution in [3.63, 3.8) is 0 Å². The zero-order chi connectivity index (χ0) is 17.4.